The third kappa shape index (κ3) is 4.39. The number of carbonyl (C=O) groups excluding carboxylic acids is 1. The molecule has 2 aromatic heterocycles. The Balaban J connectivity index is 1.46. The van der Waals surface area contributed by atoms with Gasteiger partial charge < -0.3 is 5.11 Å². The maximum absolute atomic E-state index is 13.6. The molecule has 0 aliphatic carbocycles. The van der Waals surface area contributed by atoms with Crippen molar-refractivity contribution in [2.45, 2.75) is 38.6 Å². The topological polar surface area (TPSA) is 82.1 Å². The van der Waals surface area contributed by atoms with E-state index in [9.17, 15) is 9.90 Å². The fourth-order valence-electron chi connectivity index (χ4n) is 4.87. The van der Waals surface area contributed by atoms with Gasteiger partial charge in [0.2, 0.25) is 0 Å². The zero-order valence-corrected chi connectivity index (χ0v) is 18.8. The van der Waals surface area contributed by atoms with E-state index in [4.69, 9.17) is 0 Å². The van der Waals surface area contributed by atoms with Crippen LogP contribution in [-0.4, -0.2) is 44.1 Å². The number of nitrogens with zero attached hydrogens (tertiary/aromatic N) is 3. The predicted octanol–water partition coefficient (Wildman–Crippen LogP) is 5.44. The molecule has 0 spiro atoms. The summed E-state index contributed by atoms with van der Waals surface area (Å²) in [5.41, 5.74) is 4.83. The number of carbonyl (C=O) groups is 1. The Morgan fingerprint density at radius 1 is 1.09 bits per heavy atom. The molecule has 0 amide bonds. The quantitative estimate of drug-likeness (QED) is 0.374. The Morgan fingerprint density at radius 2 is 1.82 bits per heavy atom. The Hall–Kier alpha value is -3.51. The molecule has 0 bridgehead atoms. The second kappa shape index (κ2) is 9.16. The highest BCUT2D eigenvalue weighted by Crippen LogP contribution is 2.32. The molecule has 1 aliphatic rings. The number of phenolic OH excluding ortho intramolecular Hbond substituents is 1. The number of aromatic hydroxyl groups is 1. The van der Waals surface area contributed by atoms with Gasteiger partial charge in [-0.2, -0.15) is 5.10 Å². The summed E-state index contributed by atoms with van der Waals surface area (Å²) in [6.45, 7) is 4.09. The summed E-state index contributed by atoms with van der Waals surface area (Å²) < 4.78 is 0. The number of hydrogen-bond donors (Lipinski definition) is 2. The molecule has 6 nitrogen and oxygen atoms in total. The summed E-state index contributed by atoms with van der Waals surface area (Å²) in [6, 6.07) is 19.5. The van der Waals surface area contributed by atoms with Gasteiger partial charge in [0, 0.05) is 29.3 Å². The number of benzene rings is 2. The SMILES string of the molecule is Cc1[nH]nc2nc(-c3ccc(O)cc3)cc(C(=O)CCC(c3ccccc3)N3CCCC3)c12. The van der Waals surface area contributed by atoms with Crippen molar-refractivity contribution >= 4 is 16.8 Å². The van der Waals surface area contributed by atoms with Gasteiger partial charge in [-0.15, -0.1) is 0 Å². The molecule has 1 fully saturated rings. The van der Waals surface area contributed by atoms with E-state index in [2.05, 4.69) is 44.3 Å². The molecule has 1 atom stereocenters. The van der Waals surface area contributed by atoms with Gasteiger partial charge in [-0.1, -0.05) is 30.3 Å². The highest BCUT2D eigenvalue weighted by Gasteiger charge is 2.25. The van der Waals surface area contributed by atoms with E-state index in [0.717, 1.165) is 36.2 Å². The number of ketones is 1. The molecular formula is C27H28N4O2. The van der Waals surface area contributed by atoms with Gasteiger partial charge in [0.1, 0.15) is 5.75 Å². The van der Waals surface area contributed by atoms with E-state index < -0.39 is 0 Å². The van der Waals surface area contributed by atoms with Crippen LogP contribution in [0, 0.1) is 6.92 Å². The minimum absolute atomic E-state index is 0.104. The van der Waals surface area contributed by atoms with Crippen LogP contribution in [0.2, 0.25) is 0 Å². The van der Waals surface area contributed by atoms with Crippen molar-refractivity contribution in [1.82, 2.24) is 20.1 Å². The van der Waals surface area contributed by atoms with E-state index in [0.29, 0.717) is 23.3 Å². The van der Waals surface area contributed by atoms with Crippen LogP contribution in [0.3, 0.4) is 0 Å². The molecule has 1 aliphatic heterocycles. The smallest absolute Gasteiger partial charge is 0.182 e. The number of hydrogen-bond acceptors (Lipinski definition) is 5. The summed E-state index contributed by atoms with van der Waals surface area (Å²) in [5, 5.41) is 17.7. The van der Waals surface area contributed by atoms with Gasteiger partial charge in [0.05, 0.1) is 11.1 Å². The van der Waals surface area contributed by atoms with Crippen LogP contribution in [0.5, 0.6) is 5.75 Å². The fraction of sp³-hybridized carbons (Fsp3) is 0.296. The lowest BCUT2D eigenvalue weighted by Crippen LogP contribution is -2.26. The molecule has 2 aromatic carbocycles. The number of H-pyrrole nitrogens is 1. The largest absolute Gasteiger partial charge is 0.508 e. The molecule has 4 aromatic rings. The van der Waals surface area contributed by atoms with Crippen LogP contribution < -0.4 is 0 Å². The fourth-order valence-corrected chi connectivity index (χ4v) is 4.87. The number of likely N-dealkylation sites (tertiary alicyclic amines) is 1. The summed E-state index contributed by atoms with van der Waals surface area (Å²) in [5.74, 6) is 0.299. The number of aromatic nitrogens is 3. The Labute approximate surface area is 193 Å². The third-order valence-electron chi connectivity index (χ3n) is 6.58. The summed E-state index contributed by atoms with van der Waals surface area (Å²) in [6.07, 6.45) is 3.66. The van der Waals surface area contributed by atoms with E-state index in [-0.39, 0.29) is 17.6 Å². The number of fused-ring (bicyclic) bond motifs is 1. The van der Waals surface area contributed by atoms with Gasteiger partial charge in [-0.25, -0.2) is 4.98 Å². The number of pyridine rings is 1. The summed E-state index contributed by atoms with van der Waals surface area (Å²) >= 11 is 0. The second-order valence-corrected chi connectivity index (χ2v) is 8.78. The van der Waals surface area contributed by atoms with E-state index in [1.807, 2.05) is 19.1 Å². The lowest BCUT2D eigenvalue weighted by Gasteiger charge is -2.28. The average Bonchev–Trinajstić information content (AvgIpc) is 3.50. The Bertz CT molecular complexity index is 1260. The molecule has 0 saturated carbocycles. The zero-order valence-electron chi connectivity index (χ0n) is 18.8. The molecule has 1 saturated heterocycles. The predicted molar refractivity (Wildman–Crippen MR) is 129 cm³/mol. The highest BCUT2D eigenvalue weighted by atomic mass is 16.3. The summed E-state index contributed by atoms with van der Waals surface area (Å²) in [4.78, 5) is 20.7. The summed E-state index contributed by atoms with van der Waals surface area (Å²) in [7, 11) is 0. The molecular weight excluding hydrogens is 412 g/mol. The first-order valence-electron chi connectivity index (χ1n) is 11.6. The molecule has 3 heterocycles. The number of phenols is 1. The molecule has 1 unspecified atom stereocenters. The van der Waals surface area contributed by atoms with Gasteiger partial charge in [0.25, 0.3) is 0 Å². The maximum atomic E-state index is 13.6. The minimum Gasteiger partial charge on any atom is -0.508 e. The third-order valence-corrected chi connectivity index (χ3v) is 6.58. The molecule has 5 rings (SSSR count). The van der Waals surface area contributed by atoms with Crippen LogP contribution in [0.15, 0.2) is 60.7 Å². The van der Waals surface area contributed by atoms with Crippen LogP contribution in [-0.2, 0) is 0 Å². The van der Waals surface area contributed by atoms with Crippen molar-refractivity contribution in [3.05, 3.63) is 77.5 Å². The lowest BCUT2D eigenvalue weighted by molar-refractivity contribution is 0.0966. The number of rotatable bonds is 7. The number of aryl methyl sites for hydroxylation is 1. The molecule has 0 radical (unpaired) electrons. The van der Waals surface area contributed by atoms with Crippen LogP contribution >= 0.6 is 0 Å². The zero-order chi connectivity index (χ0) is 22.8. The average molecular weight is 441 g/mol. The van der Waals surface area contributed by atoms with E-state index >= 15 is 0 Å². The van der Waals surface area contributed by atoms with Crippen molar-refractivity contribution in [3.63, 3.8) is 0 Å². The maximum Gasteiger partial charge on any atom is 0.182 e. The number of Topliss-reactive ketones (excluding diaryl/α,β-unsaturated/α-hetero) is 1. The van der Waals surface area contributed by atoms with E-state index in [1.165, 1.54) is 18.4 Å². The first kappa shape index (κ1) is 21.3. The molecule has 6 heteroatoms. The first-order valence-corrected chi connectivity index (χ1v) is 11.6. The standard InChI is InChI=1S/C27H28N4O2/c1-18-26-22(17-23(28-27(26)30-29-18)19-9-11-21(32)12-10-19)25(33)14-13-24(31-15-5-6-16-31)20-7-3-2-4-8-20/h2-4,7-12,17,24,32H,5-6,13-16H2,1H3,(H,28,29,30). The first-order chi connectivity index (χ1) is 16.1. The van der Waals surface area contributed by atoms with E-state index in [1.54, 1.807) is 24.3 Å². The number of aromatic amines is 1. The van der Waals surface area contributed by atoms with Crippen molar-refractivity contribution in [2.24, 2.45) is 0 Å². The minimum atomic E-state index is 0.104. The normalized spacial score (nSPS) is 15.2. The highest BCUT2D eigenvalue weighted by molar-refractivity contribution is 6.08. The second-order valence-electron chi connectivity index (χ2n) is 8.78. The monoisotopic (exact) mass is 440 g/mol. The van der Waals surface area contributed by atoms with Crippen molar-refractivity contribution in [1.29, 1.82) is 0 Å². The Morgan fingerprint density at radius 3 is 2.55 bits per heavy atom. The van der Waals surface area contributed by atoms with Gasteiger partial charge in [-0.05, 0) is 75.2 Å². The van der Waals surface area contributed by atoms with Gasteiger partial charge in [0.15, 0.2) is 11.4 Å². The van der Waals surface area contributed by atoms with Gasteiger partial charge >= 0.3 is 0 Å². The van der Waals surface area contributed by atoms with Crippen LogP contribution in [0.4, 0.5) is 0 Å². The molecule has 168 valence electrons. The lowest BCUT2D eigenvalue weighted by atomic mass is 9.95. The van der Waals surface area contributed by atoms with Crippen LogP contribution in [0.25, 0.3) is 22.3 Å². The Kier molecular flexibility index (Phi) is 5.92. The molecule has 2 N–H and O–H groups in total. The number of nitrogens with one attached hydrogen (secondary N) is 1. The van der Waals surface area contributed by atoms with Crippen molar-refractivity contribution in [2.75, 3.05) is 13.1 Å². The van der Waals surface area contributed by atoms with Gasteiger partial charge in [-0.3, -0.25) is 14.8 Å². The van der Waals surface area contributed by atoms with Crippen molar-refractivity contribution < 1.29 is 9.90 Å². The molecule has 33 heavy (non-hydrogen) atoms. The van der Waals surface area contributed by atoms with Crippen LogP contribution in [0.1, 0.15) is 53.3 Å². The van der Waals surface area contributed by atoms with Crippen molar-refractivity contribution in [3.8, 4) is 17.0 Å².